The largest absolute Gasteiger partial charge is 0.484 e. The Morgan fingerprint density at radius 2 is 1.93 bits per heavy atom. The molecular formula is C20H16ClFN4O3. The van der Waals surface area contributed by atoms with Crippen LogP contribution in [0.15, 0.2) is 36.5 Å². The summed E-state index contributed by atoms with van der Waals surface area (Å²) in [4.78, 5) is 28.4. The van der Waals surface area contributed by atoms with Crippen LogP contribution in [-0.4, -0.2) is 34.5 Å². The Labute approximate surface area is 170 Å². The van der Waals surface area contributed by atoms with Crippen molar-refractivity contribution in [2.45, 2.75) is 30.3 Å². The van der Waals surface area contributed by atoms with E-state index >= 15 is 0 Å². The number of ether oxygens (including phenoxy) is 1. The van der Waals surface area contributed by atoms with Gasteiger partial charge in [0, 0.05) is 23.3 Å². The van der Waals surface area contributed by atoms with E-state index in [2.05, 4.69) is 15.6 Å². The van der Waals surface area contributed by atoms with E-state index in [0.717, 1.165) is 6.07 Å². The van der Waals surface area contributed by atoms with Crippen molar-refractivity contribution in [2.24, 2.45) is 0 Å². The van der Waals surface area contributed by atoms with Crippen LogP contribution in [0.2, 0.25) is 5.02 Å². The zero-order chi connectivity index (χ0) is 20.6. The van der Waals surface area contributed by atoms with Crippen molar-refractivity contribution in [1.82, 2.24) is 15.6 Å². The SMILES string of the molecule is N#Cc1ccc(C(=O)NC23CC(NC(=O)COc4ccc(Cl)c(F)c4)(C2)C3)nc1. The molecule has 5 rings (SSSR count). The molecule has 0 atom stereocenters. The van der Waals surface area contributed by atoms with Crippen LogP contribution in [0.25, 0.3) is 0 Å². The molecule has 2 N–H and O–H groups in total. The summed E-state index contributed by atoms with van der Waals surface area (Å²) in [6.07, 6.45) is 3.24. The fourth-order valence-electron chi connectivity index (χ4n) is 4.00. The predicted molar refractivity (Wildman–Crippen MR) is 101 cm³/mol. The number of nitrogens with one attached hydrogen (secondary N) is 2. The molecule has 1 aromatic heterocycles. The molecule has 3 fully saturated rings. The van der Waals surface area contributed by atoms with Gasteiger partial charge < -0.3 is 15.4 Å². The molecule has 1 heterocycles. The van der Waals surface area contributed by atoms with E-state index in [1.807, 2.05) is 6.07 Å². The van der Waals surface area contributed by atoms with E-state index in [1.165, 1.54) is 30.5 Å². The van der Waals surface area contributed by atoms with Crippen molar-refractivity contribution in [3.63, 3.8) is 0 Å². The molecule has 3 aliphatic carbocycles. The van der Waals surface area contributed by atoms with Crippen molar-refractivity contribution in [2.75, 3.05) is 6.61 Å². The Balaban J connectivity index is 1.24. The number of carbonyl (C=O) groups excluding carboxylic acids is 2. The van der Waals surface area contributed by atoms with Gasteiger partial charge in [0.2, 0.25) is 0 Å². The molecule has 0 spiro atoms. The topological polar surface area (TPSA) is 104 Å². The Bertz CT molecular complexity index is 1020. The summed E-state index contributed by atoms with van der Waals surface area (Å²) in [5.41, 5.74) is -0.0373. The lowest BCUT2D eigenvalue weighted by Gasteiger charge is -2.70. The molecular weight excluding hydrogens is 399 g/mol. The number of rotatable bonds is 6. The summed E-state index contributed by atoms with van der Waals surface area (Å²) in [6.45, 7) is -0.239. The van der Waals surface area contributed by atoms with Gasteiger partial charge in [0.05, 0.1) is 10.6 Å². The molecule has 0 unspecified atom stereocenters. The zero-order valence-electron chi connectivity index (χ0n) is 15.2. The fourth-order valence-corrected chi connectivity index (χ4v) is 4.12. The lowest BCUT2D eigenvalue weighted by atomic mass is 9.44. The maximum atomic E-state index is 13.4. The Kier molecular flexibility index (Phi) is 4.63. The number of nitriles is 1. The third kappa shape index (κ3) is 3.74. The molecule has 7 nitrogen and oxygen atoms in total. The zero-order valence-corrected chi connectivity index (χ0v) is 15.9. The highest BCUT2D eigenvalue weighted by Crippen LogP contribution is 2.60. The average molecular weight is 415 g/mol. The second-order valence-corrected chi connectivity index (χ2v) is 7.91. The summed E-state index contributed by atoms with van der Waals surface area (Å²) < 4.78 is 18.7. The molecule has 0 saturated heterocycles. The van der Waals surface area contributed by atoms with Crippen molar-refractivity contribution in [3.05, 3.63) is 58.6 Å². The minimum atomic E-state index is -0.613. The second-order valence-electron chi connectivity index (χ2n) is 7.50. The van der Waals surface area contributed by atoms with Crippen LogP contribution in [0.1, 0.15) is 35.3 Å². The molecule has 29 heavy (non-hydrogen) atoms. The van der Waals surface area contributed by atoms with Crippen molar-refractivity contribution in [1.29, 1.82) is 5.26 Å². The molecule has 3 aliphatic rings. The summed E-state index contributed by atoms with van der Waals surface area (Å²) in [6, 6.07) is 8.97. The third-order valence-electron chi connectivity index (χ3n) is 5.20. The summed E-state index contributed by atoms with van der Waals surface area (Å²) >= 11 is 5.61. The molecule has 9 heteroatoms. The van der Waals surface area contributed by atoms with Crippen molar-refractivity contribution in [3.8, 4) is 11.8 Å². The number of hydrogen-bond donors (Lipinski definition) is 2. The van der Waals surface area contributed by atoms with Crippen LogP contribution in [-0.2, 0) is 4.79 Å². The maximum absolute atomic E-state index is 13.4. The minimum absolute atomic E-state index is 0.0146. The average Bonchev–Trinajstić information content (AvgIpc) is 2.66. The number of nitrogens with zero attached hydrogens (tertiary/aromatic N) is 2. The molecule has 1 aromatic carbocycles. The Morgan fingerprint density at radius 3 is 2.55 bits per heavy atom. The first-order valence-corrected chi connectivity index (χ1v) is 9.27. The Hall–Kier alpha value is -3.18. The number of hydrogen-bond acceptors (Lipinski definition) is 5. The van der Waals surface area contributed by atoms with E-state index in [0.29, 0.717) is 24.8 Å². The monoisotopic (exact) mass is 414 g/mol. The standard InChI is InChI=1S/C20H16ClFN4O3/c21-14-3-2-13(5-15(14)22)29-8-17(27)25-19-9-20(10-19,11-19)26-18(28)16-4-1-12(6-23)7-24-16/h1-5,7H,8-11H2,(H,25,27)(H,26,28). The number of halogens is 2. The molecule has 2 bridgehead atoms. The van der Waals surface area contributed by atoms with Crippen LogP contribution >= 0.6 is 11.6 Å². The molecule has 3 saturated carbocycles. The highest BCUT2D eigenvalue weighted by molar-refractivity contribution is 6.30. The van der Waals surface area contributed by atoms with Gasteiger partial charge >= 0.3 is 0 Å². The number of aromatic nitrogens is 1. The van der Waals surface area contributed by atoms with E-state index in [9.17, 15) is 14.0 Å². The summed E-state index contributed by atoms with van der Waals surface area (Å²) in [7, 11) is 0. The first kappa shape index (κ1) is 19.2. The number of carbonyl (C=O) groups is 2. The van der Waals surface area contributed by atoms with Gasteiger partial charge in [0.1, 0.15) is 23.3 Å². The van der Waals surface area contributed by atoms with Gasteiger partial charge in [-0.2, -0.15) is 5.26 Å². The van der Waals surface area contributed by atoms with E-state index in [4.69, 9.17) is 21.6 Å². The van der Waals surface area contributed by atoms with Gasteiger partial charge in [0.25, 0.3) is 11.8 Å². The van der Waals surface area contributed by atoms with Gasteiger partial charge in [-0.25, -0.2) is 9.37 Å². The van der Waals surface area contributed by atoms with Crippen LogP contribution in [0.4, 0.5) is 4.39 Å². The number of pyridine rings is 1. The quantitative estimate of drug-likeness (QED) is 0.755. The predicted octanol–water partition coefficient (Wildman–Crippen LogP) is 2.35. The molecule has 0 aliphatic heterocycles. The van der Waals surface area contributed by atoms with Crippen LogP contribution < -0.4 is 15.4 Å². The highest BCUT2D eigenvalue weighted by Gasteiger charge is 2.69. The lowest BCUT2D eigenvalue weighted by Crippen LogP contribution is -2.84. The number of amides is 2. The molecule has 0 radical (unpaired) electrons. The van der Waals surface area contributed by atoms with Crippen LogP contribution in [0.5, 0.6) is 5.75 Å². The van der Waals surface area contributed by atoms with Crippen molar-refractivity contribution < 1.29 is 18.7 Å². The van der Waals surface area contributed by atoms with Crippen molar-refractivity contribution >= 4 is 23.4 Å². The normalized spacial score (nSPS) is 23.8. The highest BCUT2D eigenvalue weighted by atomic mass is 35.5. The van der Waals surface area contributed by atoms with Gasteiger partial charge in [-0.1, -0.05) is 11.6 Å². The summed E-state index contributed by atoms with van der Waals surface area (Å²) in [5.74, 6) is -1.01. The molecule has 148 valence electrons. The first-order chi connectivity index (χ1) is 13.8. The fraction of sp³-hybridized carbons (Fsp3) is 0.300. The van der Waals surface area contributed by atoms with Gasteiger partial charge in [-0.15, -0.1) is 0 Å². The number of benzene rings is 1. The summed E-state index contributed by atoms with van der Waals surface area (Å²) in [5, 5.41) is 14.6. The van der Waals surface area contributed by atoms with Crippen LogP contribution in [0, 0.1) is 17.1 Å². The van der Waals surface area contributed by atoms with E-state index in [-0.39, 0.29) is 46.0 Å². The lowest BCUT2D eigenvalue weighted by molar-refractivity contribution is -0.141. The second kappa shape index (κ2) is 7.01. The first-order valence-electron chi connectivity index (χ1n) is 8.90. The minimum Gasteiger partial charge on any atom is -0.484 e. The van der Waals surface area contributed by atoms with Gasteiger partial charge in [-0.3, -0.25) is 9.59 Å². The maximum Gasteiger partial charge on any atom is 0.270 e. The molecule has 2 aromatic rings. The van der Waals surface area contributed by atoms with Gasteiger partial charge in [-0.05, 0) is 43.5 Å². The van der Waals surface area contributed by atoms with Gasteiger partial charge in [0.15, 0.2) is 6.61 Å². The Morgan fingerprint density at radius 1 is 1.21 bits per heavy atom. The molecule has 2 amide bonds. The van der Waals surface area contributed by atoms with E-state index in [1.54, 1.807) is 0 Å². The van der Waals surface area contributed by atoms with E-state index < -0.39 is 5.82 Å². The van der Waals surface area contributed by atoms with Crippen LogP contribution in [0.3, 0.4) is 0 Å². The third-order valence-corrected chi connectivity index (χ3v) is 5.51. The smallest absolute Gasteiger partial charge is 0.270 e.